The van der Waals surface area contributed by atoms with Gasteiger partial charge in [0.05, 0.1) is 0 Å². The maximum absolute atomic E-state index is 11.4. The molecule has 0 aromatic rings. The molecule has 0 aliphatic carbocycles. The molecule has 1 aliphatic rings. The molecule has 0 bridgehead atoms. The third kappa shape index (κ3) is 1.82. The van der Waals surface area contributed by atoms with E-state index in [1.807, 2.05) is 13.8 Å². The van der Waals surface area contributed by atoms with Gasteiger partial charge in [-0.25, -0.2) is 0 Å². The van der Waals surface area contributed by atoms with Gasteiger partial charge in [-0.2, -0.15) is 0 Å². The van der Waals surface area contributed by atoms with Crippen molar-refractivity contribution in [3.05, 3.63) is 0 Å². The second-order valence-corrected chi connectivity index (χ2v) is 3.52. The lowest BCUT2D eigenvalue weighted by molar-refractivity contribution is -0.136. The first kappa shape index (κ1) is 10.0. The maximum Gasteiger partial charge on any atom is 0.240 e. The van der Waals surface area contributed by atoms with E-state index >= 15 is 0 Å². The molecule has 0 saturated carbocycles. The van der Waals surface area contributed by atoms with Gasteiger partial charge in [0, 0.05) is 12.5 Å². The molecule has 0 spiro atoms. The van der Waals surface area contributed by atoms with Crippen LogP contribution < -0.4 is 5.73 Å². The molecule has 1 unspecified atom stereocenters. The second kappa shape index (κ2) is 3.77. The Balaban J connectivity index is 2.76. The Morgan fingerprint density at radius 1 is 1.77 bits per heavy atom. The number of likely N-dealkylation sites (tertiary alicyclic amines) is 1. The van der Waals surface area contributed by atoms with Crippen LogP contribution in [0.2, 0.25) is 0 Å². The van der Waals surface area contributed by atoms with Crippen molar-refractivity contribution in [1.82, 2.24) is 4.90 Å². The molecule has 2 atom stereocenters. The Kier molecular flexibility index (Phi) is 2.90. The molecule has 13 heavy (non-hydrogen) atoms. The van der Waals surface area contributed by atoms with Crippen molar-refractivity contribution in [2.75, 3.05) is 0 Å². The fourth-order valence-corrected chi connectivity index (χ4v) is 1.73. The molecule has 0 radical (unpaired) electrons. The van der Waals surface area contributed by atoms with Crippen LogP contribution in [0.5, 0.6) is 0 Å². The first-order valence-electron chi connectivity index (χ1n) is 4.68. The summed E-state index contributed by atoms with van der Waals surface area (Å²) in [6.45, 7) is 3.94. The summed E-state index contributed by atoms with van der Waals surface area (Å²) in [5, 5.41) is 0. The molecule has 74 valence electrons. The Morgan fingerprint density at radius 2 is 2.38 bits per heavy atom. The van der Waals surface area contributed by atoms with Crippen molar-refractivity contribution in [3.8, 4) is 0 Å². The highest BCUT2D eigenvalue weighted by Gasteiger charge is 2.36. The average Bonchev–Trinajstić information content (AvgIpc) is 2.46. The molecule has 2 N–H and O–H groups in total. The van der Waals surface area contributed by atoms with Gasteiger partial charge in [0.25, 0.3) is 0 Å². The van der Waals surface area contributed by atoms with Crippen molar-refractivity contribution in [1.29, 1.82) is 0 Å². The number of amides is 2. The summed E-state index contributed by atoms with van der Waals surface area (Å²) in [5.74, 6) is -0.329. The zero-order chi connectivity index (χ0) is 10.0. The van der Waals surface area contributed by atoms with E-state index in [1.54, 1.807) is 4.90 Å². The van der Waals surface area contributed by atoms with Gasteiger partial charge in [-0.05, 0) is 19.8 Å². The normalized spacial score (nSPS) is 24.9. The predicted molar refractivity (Wildman–Crippen MR) is 48.8 cm³/mol. The van der Waals surface area contributed by atoms with Crippen LogP contribution >= 0.6 is 0 Å². The van der Waals surface area contributed by atoms with Crippen molar-refractivity contribution < 1.29 is 9.59 Å². The molecular weight excluding hydrogens is 168 g/mol. The number of hydrogen-bond donors (Lipinski definition) is 1. The van der Waals surface area contributed by atoms with Gasteiger partial charge >= 0.3 is 0 Å². The summed E-state index contributed by atoms with van der Waals surface area (Å²) in [4.78, 5) is 24.0. The number of nitrogens with zero attached hydrogens (tertiary/aromatic N) is 1. The molecule has 2 amide bonds. The molecule has 0 aromatic heterocycles. The molecule has 1 rings (SSSR count). The predicted octanol–water partition coefficient (Wildman–Crippen LogP) is 0.261. The third-order valence-electron chi connectivity index (χ3n) is 2.65. The fraction of sp³-hybridized carbons (Fsp3) is 0.778. The van der Waals surface area contributed by atoms with E-state index in [0.29, 0.717) is 12.8 Å². The number of rotatable bonds is 3. The average molecular weight is 184 g/mol. The van der Waals surface area contributed by atoms with Gasteiger partial charge in [-0.3, -0.25) is 9.59 Å². The summed E-state index contributed by atoms with van der Waals surface area (Å²) in [7, 11) is 0. The lowest BCUT2D eigenvalue weighted by Gasteiger charge is -2.28. The van der Waals surface area contributed by atoms with Crippen LogP contribution in [0, 0.1) is 0 Å². The zero-order valence-electron chi connectivity index (χ0n) is 8.12. The van der Waals surface area contributed by atoms with Crippen LogP contribution in [-0.4, -0.2) is 28.8 Å². The van der Waals surface area contributed by atoms with Gasteiger partial charge in [-0.15, -0.1) is 0 Å². The van der Waals surface area contributed by atoms with Crippen molar-refractivity contribution in [3.63, 3.8) is 0 Å². The van der Waals surface area contributed by atoms with Crippen LogP contribution in [-0.2, 0) is 9.59 Å². The van der Waals surface area contributed by atoms with E-state index in [9.17, 15) is 9.59 Å². The van der Waals surface area contributed by atoms with E-state index < -0.39 is 0 Å². The lowest BCUT2D eigenvalue weighted by atomic mass is 10.1. The highest BCUT2D eigenvalue weighted by Crippen LogP contribution is 2.22. The minimum absolute atomic E-state index is 0.0538. The standard InChI is InChI=1S/C9H16N2O2/c1-3-6(2)11-7(9(10)13)4-5-8(11)12/h6-7H,3-5H2,1-2H3,(H2,10,13)/t6?,7-/m0/s1. The summed E-state index contributed by atoms with van der Waals surface area (Å²) in [6.07, 6.45) is 1.89. The SMILES string of the molecule is CCC(C)N1C(=O)CC[C@H]1C(N)=O. The second-order valence-electron chi connectivity index (χ2n) is 3.52. The quantitative estimate of drug-likeness (QED) is 0.684. The summed E-state index contributed by atoms with van der Waals surface area (Å²) < 4.78 is 0. The van der Waals surface area contributed by atoms with Crippen LogP contribution in [0.3, 0.4) is 0 Å². The van der Waals surface area contributed by atoms with Gasteiger partial charge in [0.1, 0.15) is 6.04 Å². The molecule has 0 aromatic carbocycles. The number of carbonyl (C=O) groups is 2. The van der Waals surface area contributed by atoms with Gasteiger partial charge < -0.3 is 10.6 Å². The van der Waals surface area contributed by atoms with Crippen molar-refractivity contribution >= 4 is 11.8 Å². The Labute approximate surface area is 78.1 Å². The lowest BCUT2D eigenvalue weighted by Crippen LogP contribution is -2.46. The van der Waals surface area contributed by atoms with Crippen LogP contribution in [0.1, 0.15) is 33.1 Å². The minimum Gasteiger partial charge on any atom is -0.368 e. The Bertz CT molecular complexity index is 228. The Hall–Kier alpha value is -1.06. The number of carbonyl (C=O) groups excluding carboxylic acids is 2. The molecule has 1 aliphatic heterocycles. The summed E-state index contributed by atoms with van der Waals surface area (Å²) in [6, 6.07) is -0.255. The molecular formula is C9H16N2O2. The fourth-order valence-electron chi connectivity index (χ4n) is 1.73. The molecule has 1 saturated heterocycles. The topological polar surface area (TPSA) is 63.4 Å². The molecule has 1 heterocycles. The first-order chi connectivity index (χ1) is 6.07. The number of nitrogens with two attached hydrogens (primary N) is 1. The van der Waals surface area contributed by atoms with Crippen LogP contribution in [0.4, 0.5) is 0 Å². The largest absolute Gasteiger partial charge is 0.368 e. The summed E-state index contributed by atoms with van der Waals surface area (Å²) in [5.41, 5.74) is 5.21. The minimum atomic E-state index is -0.383. The monoisotopic (exact) mass is 184 g/mol. The van der Waals surface area contributed by atoms with Gasteiger partial charge in [0.2, 0.25) is 11.8 Å². The molecule has 1 fully saturated rings. The van der Waals surface area contributed by atoms with E-state index in [2.05, 4.69) is 0 Å². The van der Waals surface area contributed by atoms with E-state index in [-0.39, 0.29) is 23.9 Å². The number of primary amides is 1. The molecule has 4 heteroatoms. The third-order valence-corrected chi connectivity index (χ3v) is 2.65. The highest BCUT2D eigenvalue weighted by atomic mass is 16.2. The number of hydrogen-bond acceptors (Lipinski definition) is 2. The maximum atomic E-state index is 11.4. The van der Waals surface area contributed by atoms with Crippen LogP contribution in [0.25, 0.3) is 0 Å². The molecule has 4 nitrogen and oxygen atoms in total. The van der Waals surface area contributed by atoms with Gasteiger partial charge in [-0.1, -0.05) is 6.92 Å². The Morgan fingerprint density at radius 3 is 2.85 bits per heavy atom. The van der Waals surface area contributed by atoms with Gasteiger partial charge in [0.15, 0.2) is 0 Å². The summed E-state index contributed by atoms with van der Waals surface area (Å²) >= 11 is 0. The van der Waals surface area contributed by atoms with Crippen molar-refractivity contribution in [2.24, 2.45) is 5.73 Å². The highest BCUT2D eigenvalue weighted by molar-refractivity contribution is 5.90. The van der Waals surface area contributed by atoms with Crippen LogP contribution in [0.15, 0.2) is 0 Å². The van der Waals surface area contributed by atoms with E-state index in [0.717, 1.165) is 6.42 Å². The van der Waals surface area contributed by atoms with E-state index in [4.69, 9.17) is 5.73 Å². The first-order valence-corrected chi connectivity index (χ1v) is 4.68. The zero-order valence-corrected chi connectivity index (χ0v) is 8.12. The van der Waals surface area contributed by atoms with Crippen molar-refractivity contribution in [2.45, 2.75) is 45.2 Å². The smallest absolute Gasteiger partial charge is 0.240 e. The van der Waals surface area contributed by atoms with E-state index in [1.165, 1.54) is 0 Å².